The summed E-state index contributed by atoms with van der Waals surface area (Å²) < 4.78 is 44.5. The molecule has 2 aromatic rings. The van der Waals surface area contributed by atoms with Crippen molar-refractivity contribution in [3.63, 3.8) is 0 Å². The number of methoxy groups -OCH3 is 1. The summed E-state index contributed by atoms with van der Waals surface area (Å²) in [7, 11) is -2.64. The third-order valence-electron chi connectivity index (χ3n) is 5.31. The number of nitrogens with zero attached hydrogens (tertiary/aromatic N) is 2. The molecule has 1 saturated heterocycles. The molecule has 0 bridgehead atoms. The van der Waals surface area contributed by atoms with Gasteiger partial charge in [-0.1, -0.05) is 6.07 Å². The molecule has 0 radical (unpaired) electrons. The molecule has 2 aromatic carbocycles. The minimum absolute atomic E-state index is 0.0137. The van der Waals surface area contributed by atoms with Crippen molar-refractivity contribution in [2.75, 3.05) is 26.9 Å². The molecule has 0 aromatic heterocycles. The zero-order valence-corrected chi connectivity index (χ0v) is 17.3. The van der Waals surface area contributed by atoms with Gasteiger partial charge in [-0.05, 0) is 42.7 Å². The minimum atomic E-state index is -3.94. The van der Waals surface area contributed by atoms with E-state index in [-0.39, 0.29) is 22.4 Å². The molecule has 0 spiro atoms. The third kappa shape index (κ3) is 3.68. The van der Waals surface area contributed by atoms with Crippen LogP contribution in [0.25, 0.3) is 0 Å². The zero-order chi connectivity index (χ0) is 21.3. The summed E-state index contributed by atoms with van der Waals surface area (Å²) in [5.41, 5.74) is 0.424. The Morgan fingerprint density at radius 1 is 1.10 bits per heavy atom. The fourth-order valence-electron chi connectivity index (χ4n) is 3.86. The van der Waals surface area contributed by atoms with Crippen molar-refractivity contribution in [3.8, 4) is 17.2 Å². The second-order valence-corrected chi connectivity index (χ2v) is 9.01. The summed E-state index contributed by atoms with van der Waals surface area (Å²) in [5.74, 6) is 1.27. The zero-order valence-electron chi connectivity index (χ0n) is 16.4. The highest BCUT2D eigenvalue weighted by Gasteiger charge is 2.37. The number of benzene rings is 2. The first-order chi connectivity index (χ1) is 14.4. The third-order valence-corrected chi connectivity index (χ3v) is 7.22. The number of fused-ring (bicyclic) bond motifs is 1. The summed E-state index contributed by atoms with van der Waals surface area (Å²) in [6.07, 6.45) is 2.12. The number of hydrogen-bond acceptors (Lipinski definition) is 7. The Hall–Kier alpha value is -2.85. The van der Waals surface area contributed by atoms with E-state index in [4.69, 9.17) is 14.2 Å². The molecular weight excluding hydrogens is 412 g/mol. The van der Waals surface area contributed by atoms with Crippen LogP contribution in [0.3, 0.4) is 0 Å². The Morgan fingerprint density at radius 3 is 2.60 bits per heavy atom. The van der Waals surface area contributed by atoms with E-state index in [9.17, 15) is 18.5 Å². The maximum atomic E-state index is 13.3. The van der Waals surface area contributed by atoms with Crippen LogP contribution in [-0.2, 0) is 10.0 Å². The van der Waals surface area contributed by atoms with Gasteiger partial charge < -0.3 is 14.2 Å². The van der Waals surface area contributed by atoms with E-state index in [1.54, 1.807) is 6.07 Å². The molecule has 30 heavy (non-hydrogen) atoms. The van der Waals surface area contributed by atoms with Crippen LogP contribution in [0.1, 0.15) is 30.9 Å². The predicted molar refractivity (Wildman–Crippen MR) is 108 cm³/mol. The van der Waals surface area contributed by atoms with E-state index in [1.165, 1.54) is 23.5 Å². The van der Waals surface area contributed by atoms with Crippen molar-refractivity contribution in [2.24, 2.45) is 0 Å². The summed E-state index contributed by atoms with van der Waals surface area (Å²) in [5, 5.41) is 11.3. The first kappa shape index (κ1) is 20.4. The lowest BCUT2D eigenvalue weighted by molar-refractivity contribution is -0.386. The Bertz CT molecular complexity index is 1070. The fourth-order valence-corrected chi connectivity index (χ4v) is 5.56. The maximum Gasteiger partial charge on any atom is 0.312 e. The van der Waals surface area contributed by atoms with Crippen LogP contribution in [-0.4, -0.2) is 44.5 Å². The van der Waals surface area contributed by atoms with Gasteiger partial charge in [-0.15, -0.1) is 0 Å². The van der Waals surface area contributed by atoms with Crippen LogP contribution in [0.5, 0.6) is 17.2 Å². The van der Waals surface area contributed by atoms with E-state index in [2.05, 4.69) is 0 Å². The van der Waals surface area contributed by atoms with Gasteiger partial charge in [-0.25, -0.2) is 8.42 Å². The number of ether oxygens (including phenoxy) is 3. The second kappa shape index (κ2) is 8.11. The number of nitro benzene ring substituents is 1. The van der Waals surface area contributed by atoms with Gasteiger partial charge in [0.1, 0.15) is 0 Å². The highest BCUT2D eigenvalue weighted by molar-refractivity contribution is 7.89. The van der Waals surface area contributed by atoms with Crippen molar-refractivity contribution in [1.82, 2.24) is 4.31 Å². The molecule has 0 aliphatic carbocycles. The van der Waals surface area contributed by atoms with E-state index in [0.29, 0.717) is 44.1 Å². The standard InChI is InChI=1S/C20H22N2O7S/c1-27-18-8-6-15(13-17(18)22(23)24)30(25,26)21-9-2-4-16(21)14-5-7-19-20(12-14)29-11-3-10-28-19/h5-8,12-13,16H,2-4,9-11H2,1H3/t16-/m1/s1. The molecule has 9 nitrogen and oxygen atoms in total. The van der Waals surface area contributed by atoms with Crippen LogP contribution < -0.4 is 14.2 Å². The van der Waals surface area contributed by atoms with Crippen molar-refractivity contribution in [2.45, 2.75) is 30.2 Å². The average Bonchev–Trinajstić information content (AvgIpc) is 3.13. The molecule has 2 heterocycles. The van der Waals surface area contributed by atoms with Gasteiger partial charge in [0.25, 0.3) is 0 Å². The molecule has 0 saturated carbocycles. The molecule has 0 N–H and O–H groups in total. The Morgan fingerprint density at radius 2 is 1.87 bits per heavy atom. The second-order valence-electron chi connectivity index (χ2n) is 7.12. The van der Waals surface area contributed by atoms with Crippen LogP contribution in [0.4, 0.5) is 5.69 Å². The van der Waals surface area contributed by atoms with Gasteiger partial charge in [0, 0.05) is 19.0 Å². The Kier molecular flexibility index (Phi) is 5.52. The monoisotopic (exact) mass is 434 g/mol. The van der Waals surface area contributed by atoms with Gasteiger partial charge in [-0.2, -0.15) is 4.31 Å². The van der Waals surface area contributed by atoms with Crippen molar-refractivity contribution in [3.05, 3.63) is 52.1 Å². The van der Waals surface area contributed by atoms with Crippen LogP contribution in [0.2, 0.25) is 0 Å². The molecule has 160 valence electrons. The van der Waals surface area contributed by atoms with Crippen LogP contribution >= 0.6 is 0 Å². The number of nitro groups is 1. The molecule has 0 amide bonds. The van der Waals surface area contributed by atoms with Crippen LogP contribution in [0, 0.1) is 10.1 Å². The van der Waals surface area contributed by atoms with E-state index in [1.807, 2.05) is 12.1 Å². The normalized spacial score (nSPS) is 19.3. The predicted octanol–water partition coefficient (Wildman–Crippen LogP) is 3.29. The van der Waals surface area contributed by atoms with Gasteiger partial charge in [0.05, 0.1) is 36.2 Å². The summed E-state index contributed by atoms with van der Waals surface area (Å²) in [6.45, 7) is 1.45. The Labute approximate surface area is 174 Å². The van der Waals surface area contributed by atoms with Crippen molar-refractivity contribution in [1.29, 1.82) is 0 Å². The number of sulfonamides is 1. The molecular formula is C20H22N2O7S. The fraction of sp³-hybridized carbons (Fsp3) is 0.400. The minimum Gasteiger partial charge on any atom is -0.490 e. The smallest absolute Gasteiger partial charge is 0.312 e. The van der Waals surface area contributed by atoms with Gasteiger partial charge in [0.2, 0.25) is 10.0 Å². The molecule has 1 atom stereocenters. The lowest BCUT2D eigenvalue weighted by atomic mass is 10.0. The highest BCUT2D eigenvalue weighted by Crippen LogP contribution is 2.41. The molecule has 2 aliphatic heterocycles. The quantitative estimate of drug-likeness (QED) is 0.525. The molecule has 0 unspecified atom stereocenters. The van der Waals surface area contributed by atoms with Gasteiger partial charge in [-0.3, -0.25) is 10.1 Å². The molecule has 1 fully saturated rings. The molecule has 10 heteroatoms. The number of hydrogen-bond donors (Lipinski definition) is 0. The summed E-state index contributed by atoms with van der Waals surface area (Å²) in [6, 6.07) is 8.80. The van der Waals surface area contributed by atoms with Crippen LogP contribution in [0.15, 0.2) is 41.3 Å². The van der Waals surface area contributed by atoms with E-state index < -0.39 is 14.9 Å². The van der Waals surface area contributed by atoms with E-state index in [0.717, 1.165) is 18.1 Å². The van der Waals surface area contributed by atoms with Crippen molar-refractivity contribution >= 4 is 15.7 Å². The lowest BCUT2D eigenvalue weighted by Crippen LogP contribution is -2.30. The SMILES string of the molecule is COc1ccc(S(=O)(=O)N2CCC[C@@H]2c2ccc3c(c2)OCCCO3)cc1[N+](=O)[O-]. The first-order valence-electron chi connectivity index (χ1n) is 9.65. The Balaban J connectivity index is 1.69. The van der Waals surface area contributed by atoms with Gasteiger partial charge >= 0.3 is 5.69 Å². The number of rotatable bonds is 5. The summed E-state index contributed by atoms with van der Waals surface area (Å²) in [4.78, 5) is 10.5. The first-order valence-corrected chi connectivity index (χ1v) is 11.1. The molecule has 2 aliphatic rings. The highest BCUT2D eigenvalue weighted by atomic mass is 32.2. The van der Waals surface area contributed by atoms with E-state index >= 15 is 0 Å². The topological polar surface area (TPSA) is 108 Å². The largest absolute Gasteiger partial charge is 0.490 e. The maximum absolute atomic E-state index is 13.3. The molecule has 4 rings (SSSR count). The average molecular weight is 434 g/mol. The van der Waals surface area contributed by atoms with Crippen molar-refractivity contribution < 1.29 is 27.6 Å². The lowest BCUT2D eigenvalue weighted by Gasteiger charge is -2.25. The van der Waals surface area contributed by atoms with Gasteiger partial charge in [0.15, 0.2) is 17.2 Å². The summed E-state index contributed by atoms with van der Waals surface area (Å²) >= 11 is 0.